The molecule has 2 rings (SSSR count). The van der Waals surface area contributed by atoms with E-state index in [1.165, 1.54) is 7.11 Å². The lowest BCUT2D eigenvalue weighted by Gasteiger charge is -2.17. The highest BCUT2D eigenvalue weighted by Crippen LogP contribution is 2.39. The molecule has 108 valence electrons. The number of rotatable bonds is 7. The van der Waals surface area contributed by atoms with Gasteiger partial charge in [-0.05, 0) is 19.3 Å². The van der Waals surface area contributed by atoms with Gasteiger partial charge in [-0.15, -0.1) is 0 Å². The maximum atomic E-state index is 11.8. The predicted molar refractivity (Wildman–Crippen MR) is 66.5 cm³/mol. The summed E-state index contributed by atoms with van der Waals surface area (Å²) < 4.78 is 15.3. The summed E-state index contributed by atoms with van der Waals surface area (Å²) in [7, 11) is 1.36. The zero-order chi connectivity index (χ0) is 13.7. The summed E-state index contributed by atoms with van der Waals surface area (Å²) in [5, 5.41) is 3.02. The zero-order valence-electron chi connectivity index (χ0n) is 11.2. The Labute approximate surface area is 112 Å². The van der Waals surface area contributed by atoms with E-state index in [0.717, 1.165) is 19.3 Å². The van der Waals surface area contributed by atoms with Crippen molar-refractivity contribution in [2.45, 2.75) is 37.9 Å². The fourth-order valence-corrected chi connectivity index (χ4v) is 2.63. The lowest BCUT2D eigenvalue weighted by molar-refractivity contribution is -0.150. The summed E-state index contributed by atoms with van der Waals surface area (Å²) in [6, 6.07) is 0. The van der Waals surface area contributed by atoms with Crippen LogP contribution in [0, 0.1) is 5.92 Å². The fourth-order valence-electron chi connectivity index (χ4n) is 2.63. The number of nitrogens with one attached hydrogen (secondary N) is 1. The molecule has 0 spiro atoms. The van der Waals surface area contributed by atoms with Crippen LogP contribution in [0.25, 0.3) is 0 Å². The Morgan fingerprint density at radius 2 is 2.16 bits per heavy atom. The third kappa shape index (κ3) is 3.91. The maximum Gasteiger partial charge on any atom is 0.311 e. The Morgan fingerprint density at radius 1 is 1.32 bits per heavy atom. The van der Waals surface area contributed by atoms with Gasteiger partial charge in [-0.3, -0.25) is 9.59 Å². The molecule has 2 saturated heterocycles. The fraction of sp³-hybridized carbons (Fsp3) is 0.846. The van der Waals surface area contributed by atoms with Gasteiger partial charge in [-0.1, -0.05) is 0 Å². The van der Waals surface area contributed by atoms with Gasteiger partial charge in [0.1, 0.15) is 6.61 Å². The summed E-state index contributed by atoms with van der Waals surface area (Å²) in [5.74, 6) is -0.473. The van der Waals surface area contributed by atoms with Crippen molar-refractivity contribution in [1.29, 1.82) is 0 Å². The number of ether oxygens (including phenoxy) is 3. The molecule has 0 amide bonds. The number of methoxy groups -OCH3 is 1. The van der Waals surface area contributed by atoms with Gasteiger partial charge in [0, 0.05) is 13.1 Å². The van der Waals surface area contributed by atoms with Gasteiger partial charge < -0.3 is 19.5 Å². The molecule has 0 saturated carbocycles. The molecule has 19 heavy (non-hydrogen) atoms. The van der Waals surface area contributed by atoms with E-state index in [1.54, 1.807) is 0 Å². The van der Waals surface area contributed by atoms with Crippen LogP contribution >= 0.6 is 0 Å². The average Bonchev–Trinajstić information content (AvgIpc) is 3.04. The van der Waals surface area contributed by atoms with E-state index in [-0.39, 0.29) is 30.1 Å². The predicted octanol–water partition coefficient (Wildman–Crippen LogP) is 0.250. The van der Waals surface area contributed by atoms with Crippen LogP contribution in [0.15, 0.2) is 0 Å². The van der Waals surface area contributed by atoms with Gasteiger partial charge in [0.05, 0.1) is 31.7 Å². The van der Waals surface area contributed by atoms with Crippen molar-refractivity contribution in [3.63, 3.8) is 0 Å². The lowest BCUT2D eigenvalue weighted by Crippen LogP contribution is -2.30. The Bertz CT molecular complexity index is 333. The highest BCUT2D eigenvalue weighted by Gasteiger charge is 2.45. The minimum Gasteiger partial charge on any atom is -0.469 e. The van der Waals surface area contributed by atoms with Crippen LogP contribution in [0.1, 0.15) is 25.7 Å². The minimum atomic E-state index is -0.247. The number of fused-ring (bicyclic) bond motifs is 2. The zero-order valence-corrected chi connectivity index (χ0v) is 11.2. The molecular weight excluding hydrogens is 250 g/mol. The van der Waals surface area contributed by atoms with Gasteiger partial charge in [0.25, 0.3) is 0 Å². The van der Waals surface area contributed by atoms with Crippen molar-refractivity contribution in [3.05, 3.63) is 0 Å². The van der Waals surface area contributed by atoms with E-state index in [1.807, 2.05) is 0 Å². The molecular formula is C13H21NO5. The Balaban J connectivity index is 1.51. The average molecular weight is 271 g/mol. The maximum absolute atomic E-state index is 11.8. The standard InChI is InChI=1S/C13H21NO5/c1-17-12(15)4-5-14-6-7-18-13(16)10-8-9-2-3-11(10)19-9/h9-11,14H,2-8H2,1H3. The first kappa shape index (κ1) is 14.3. The van der Waals surface area contributed by atoms with Crippen LogP contribution in [-0.2, 0) is 23.8 Å². The van der Waals surface area contributed by atoms with Crippen LogP contribution < -0.4 is 5.32 Å². The van der Waals surface area contributed by atoms with Crippen LogP contribution in [0.5, 0.6) is 0 Å². The first-order chi connectivity index (χ1) is 9.20. The van der Waals surface area contributed by atoms with Crippen molar-refractivity contribution in [2.75, 3.05) is 26.8 Å². The lowest BCUT2D eigenvalue weighted by atomic mass is 9.89. The molecule has 3 unspecified atom stereocenters. The summed E-state index contributed by atoms with van der Waals surface area (Å²) in [4.78, 5) is 22.7. The van der Waals surface area contributed by atoms with Gasteiger partial charge in [-0.2, -0.15) is 0 Å². The molecule has 0 aliphatic carbocycles. The second kappa shape index (κ2) is 6.86. The van der Waals surface area contributed by atoms with Gasteiger partial charge in [-0.25, -0.2) is 0 Å². The highest BCUT2D eigenvalue weighted by atomic mass is 16.5. The second-order valence-corrected chi connectivity index (χ2v) is 4.96. The number of carbonyl (C=O) groups excluding carboxylic acids is 2. The number of carbonyl (C=O) groups is 2. The Hall–Kier alpha value is -1.14. The molecule has 2 bridgehead atoms. The topological polar surface area (TPSA) is 73.9 Å². The van der Waals surface area contributed by atoms with E-state index in [9.17, 15) is 9.59 Å². The molecule has 6 heteroatoms. The van der Waals surface area contributed by atoms with Crippen molar-refractivity contribution < 1.29 is 23.8 Å². The molecule has 1 N–H and O–H groups in total. The number of hydrogen-bond donors (Lipinski definition) is 1. The van der Waals surface area contributed by atoms with Gasteiger partial charge in [0.15, 0.2) is 0 Å². The third-order valence-corrected chi connectivity index (χ3v) is 3.67. The molecule has 6 nitrogen and oxygen atoms in total. The number of esters is 2. The SMILES string of the molecule is COC(=O)CCNCCOC(=O)C1CC2CCC1O2. The molecule has 0 aromatic carbocycles. The monoisotopic (exact) mass is 271 g/mol. The molecule has 2 aliphatic heterocycles. The van der Waals surface area contributed by atoms with Crippen molar-refractivity contribution in [1.82, 2.24) is 5.32 Å². The molecule has 2 aliphatic rings. The van der Waals surface area contributed by atoms with E-state index in [4.69, 9.17) is 9.47 Å². The Kier molecular flexibility index (Phi) is 5.15. The number of hydrogen-bond acceptors (Lipinski definition) is 6. The summed E-state index contributed by atoms with van der Waals surface area (Å²) in [6.45, 7) is 1.40. The van der Waals surface area contributed by atoms with Crippen LogP contribution in [-0.4, -0.2) is 51.0 Å². The first-order valence-electron chi connectivity index (χ1n) is 6.80. The molecule has 2 fully saturated rings. The van der Waals surface area contributed by atoms with E-state index in [0.29, 0.717) is 26.1 Å². The largest absolute Gasteiger partial charge is 0.469 e. The Morgan fingerprint density at radius 3 is 2.79 bits per heavy atom. The molecule has 0 radical (unpaired) electrons. The van der Waals surface area contributed by atoms with Crippen LogP contribution in [0.2, 0.25) is 0 Å². The van der Waals surface area contributed by atoms with Crippen molar-refractivity contribution >= 4 is 11.9 Å². The third-order valence-electron chi connectivity index (χ3n) is 3.67. The van der Waals surface area contributed by atoms with Crippen LogP contribution in [0.4, 0.5) is 0 Å². The highest BCUT2D eigenvalue weighted by molar-refractivity contribution is 5.73. The van der Waals surface area contributed by atoms with Gasteiger partial charge >= 0.3 is 11.9 Å². The molecule has 0 aromatic rings. The van der Waals surface area contributed by atoms with E-state index >= 15 is 0 Å². The minimum absolute atomic E-state index is 0.0739. The summed E-state index contributed by atoms with van der Waals surface area (Å²) >= 11 is 0. The summed E-state index contributed by atoms with van der Waals surface area (Å²) in [6.07, 6.45) is 3.51. The van der Waals surface area contributed by atoms with Gasteiger partial charge in [0.2, 0.25) is 0 Å². The normalized spacial score (nSPS) is 28.4. The van der Waals surface area contributed by atoms with Crippen molar-refractivity contribution in [2.24, 2.45) is 5.92 Å². The molecule has 2 heterocycles. The quantitative estimate of drug-likeness (QED) is 0.528. The van der Waals surface area contributed by atoms with E-state index in [2.05, 4.69) is 10.1 Å². The van der Waals surface area contributed by atoms with Crippen LogP contribution in [0.3, 0.4) is 0 Å². The van der Waals surface area contributed by atoms with Crippen molar-refractivity contribution in [3.8, 4) is 0 Å². The first-order valence-corrected chi connectivity index (χ1v) is 6.80. The van der Waals surface area contributed by atoms with E-state index < -0.39 is 0 Å². The summed E-state index contributed by atoms with van der Waals surface area (Å²) in [5.41, 5.74) is 0. The smallest absolute Gasteiger partial charge is 0.311 e. The second-order valence-electron chi connectivity index (χ2n) is 4.96. The molecule has 0 aromatic heterocycles. The molecule has 3 atom stereocenters.